The third-order valence-corrected chi connectivity index (χ3v) is 8.32. The summed E-state index contributed by atoms with van der Waals surface area (Å²) in [4.78, 5) is 17.3. The highest BCUT2D eigenvalue weighted by Crippen LogP contribution is 2.29. The maximum Gasteiger partial charge on any atom is 0.257 e. The quantitative estimate of drug-likeness (QED) is 0.497. The van der Waals surface area contributed by atoms with Crippen LogP contribution >= 0.6 is 11.3 Å². The predicted octanol–water partition coefficient (Wildman–Crippen LogP) is 4.18. The molecule has 2 aromatic carbocycles. The highest BCUT2D eigenvalue weighted by molar-refractivity contribution is 7.89. The molecule has 0 aliphatic carbocycles. The predicted molar refractivity (Wildman–Crippen MR) is 132 cm³/mol. The molecule has 10 heteroatoms. The lowest BCUT2D eigenvalue weighted by Crippen LogP contribution is -2.34. The number of thiazole rings is 1. The first-order valence-electron chi connectivity index (χ1n) is 10.9. The molecule has 1 N–H and O–H groups in total. The molecule has 1 aliphatic rings. The second-order valence-electron chi connectivity index (χ2n) is 8.12. The van der Waals surface area contributed by atoms with Crippen molar-refractivity contribution < 1.29 is 22.7 Å². The number of likely N-dealkylation sites (N-methyl/N-ethyl adjacent to an activating group) is 1. The van der Waals surface area contributed by atoms with E-state index in [4.69, 9.17) is 9.47 Å². The number of anilines is 1. The molecule has 0 spiro atoms. The maximum atomic E-state index is 12.8. The Kier molecular flexibility index (Phi) is 7.32. The number of aromatic nitrogens is 1. The largest absolute Gasteiger partial charge is 0.496 e. The minimum absolute atomic E-state index is 0.0742. The Bertz CT molecular complexity index is 1270. The number of nitrogens with zero attached hydrogens (tertiary/aromatic N) is 2. The highest BCUT2D eigenvalue weighted by Gasteiger charge is 2.26. The van der Waals surface area contributed by atoms with Crippen LogP contribution in [0, 0.1) is 6.92 Å². The minimum atomic E-state index is -3.66. The van der Waals surface area contributed by atoms with Gasteiger partial charge in [-0.25, -0.2) is 13.4 Å². The van der Waals surface area contributed by atoms with Gasteiger partial charge >= 0.3 is 0 Å². The van der Waals surface area contributed by atoms with Crippen LogP contribution in [0.3, 0.4) is 0 Å². The molecule has 1 aliphatic heterocycles. The summed E-state index contributed by atoms with van der Waals surface area (Å²) in [5, 5.41) is 5.11. The molecule has 34 heavy (non-hydrogen) atoms. The molecule has 1 amide bonds. The van der Waals surface area contributed by atoms with Gasteiger partial charge in [0.1, 0.15) is 5.75 Å². The van der Waals surface area contributed by atoms with E-state index >= 15 is 0 Å². The molecule has 4 rings (SSSR count). The van der Waals surface area contributed by atoms with Gasteiger partial charge in [-0.05, 0) is 67.8 Å². The highest BCUT2D eigenvalue weighted by atomic mass is 32.2. The van der Waals surface area contributed by atoms with Gasteiger partial charge in [0.2, 0.25) is 10.0 Å². The van der Waals surface area contributed by atoms with E-state index in [1.165, 1.54) is 39.9 Å². The van der Waals surface area contributed by atoms with Crippen LogP contribution in [0.5, 0.6) is 5.75 Å². The number of hydrogen-bond donors (Lipinski definition) is 1. The fourth-order valence-electron chi connectivity index (χ4n) is 3.80. The zero-order valence-corrected chi connectivity index (χ0v) is 20.9. The number of carbonyl (C=O) groups is 1. The van der Waals surface area contributed by atoms with Gasteiger partial charge in [-0.2, -0.15) is 4.31 Å². The summed E-state index contributed by atoms with van der Waals surface area (Å²) in [6, 6.07) is 11.7. The van der Waals surface area contributed by atoms with E-state index in [1.54, 1.807) is 14.2 Å². The van der Waals surface area contributed by atoms with Crippen LogP contribution in [0.2, 0.25) is 0 Å². The van der Waals surface area contributed by atoms with E-state index < -0.39 is 10.0 Å². The molecule has 2 heterocycles. The van der Waals surface area contributed by atoms with Crippen molar-refractivity contribution in [1.29, 1.82) is 0 Å². The van der Waals surface area contributed by atoms with Crippen LogP contribution in [0.15, 0.2) is 52.7 Å². The molecule has 0 bridgehead atoms. The lowest BCUT2D eigenvalue weighted by atomic mass is 10.1. The lowest BCUT2D eigenvalue weighted by molar-refractivity contribution is 0.0979. The number of methoxy groups -OCH3 is 1. The normalized spacial score (nSPS) is 16.1. The summed E-state index contributed by atoms with van der Waals surface area (Å²) in [6.07, 6.45) is 1.73. The van der Waals surface area contributed by atoms with Gasteiger partial charge in [0.15, 0.2) is 5.13 Å². The van der Waals surface area contributed by atoms with Gasteiger partial charge in [-0.15, -0.1) is 11.3 Å². The lowest BCUT2D eigenvalue weighted by Gasteiger charge is -2.20. The smallest absolute Gasteiger partial charge is 0.257 e. The number of nitrogens with one attached hydrogen (secondary N) is 1. The molecule has 3 aromatic rings. The van der Waals surface area contributed by atoms with Crippen molar-refractivity contribution in [3.8, 4) is 17.0 Å². The molecule has 0 saturated carbocycles. The summed E-state index contributed by atoms with van der Waals surface area (Å²) in [5.74, 6) is 0.444. The van der Waals surface area contributed by atoms with E-state index in [-0.39, 0.29) is 16.9 Å². The Hall–Kier alpha value is -2.79. The first-order chi connectivity index (χ1) is 16.3. The van der Waals surface area contributed by atoms with Gasteiger partial charge in [-0.3, -0.25) is 10.1 Å². The fraction of sp³-hybridized carbons (Fsp3) is 0.333. The second-order valence-corrected chi connectivity index (χ2v) is 11.0. The van der Waals surface area contributed by atoms with Gasteiger partial charge in [-0.1, -0.05) is 0 Å². The summed E-state index contributed by atoms with van der Waals surface area (Å²) in [6.45, 7) is 2.94. The molecule has 8 nitrogen and oxygen atoms in total. The number of aryl methyl sites for hydroxylation is 1. The molecule has 1 atom stereocenters. The van der Waals surface area contributed by atoms with Crippen molar-refractivity contribution in [3.05, 3.63) is 59.0 Å². The van der Waals surface area contributed by atoms with Crippen molar-refractivity contribution in [1.82, 2.24) is 9.29 Å². The van der Waals surface area contributed by atoms with Crippen LogP contribution in [0.25, 0.3) is 11.3 Å². The van der Waals surface area contributed by atoms with E-state index in [1.807, 2.05) is 30.5 Å². The van der Waals surface area contributed by atoms with Gasteiger partial charge in [0.05, 0.1) is 23.8 Å². The topological polar surface area (TPSA) is 97.8 Å². The summed E-state index contributed by atoms with van der Waals surface area (Å²) < 4.78 is 37.8. The monoisotopic (exact) mass is 501 g/mol. The Morgan fingerprint density at radius 1 is 1.26 bits per heavy atom. The average Bonchev–Trinajstić information content (AvgIpc) is 3.51. The van der Waals surface area contributed by atoms with Crippen molar-refractivity contribution in [2.75, 3.05) is 32.6 Å². The average molecular weight is 502 g/mol. The Labute approximate surface area is 203 Å². The number of carbonyl (C=O) groups excluding carboxylic acids is 1. The van der Waals surface area contributed by atoms with E-state index in [9.17, 15) is 13.2 Å². The zero-order valence-electron chi connectivity index (χ0n) is 19.3. The maximum absolute atomic E-state index is 12.8. The minimum Gasteiger partial charge on any atom is -0.496 e. The zero-order chi connectivity index (χ0) is 24.3. The number of amides is 1. The Balaban J connectivity index is 1.42. The van der Waals surface area contributed by atoms with Crippen molar-refractivity contribution in [2.24, 2.45) is 0 Å². The second kappa shape index (κ2) is 10.2. The van der Waals surface area contributed by atoms with Crippen LogP contribution < -0.4 is 10.1 Å². The van der Waals surface area contributed by atoms with E-state index in [2.05, 4.69) is 10.3 Å². The molecule has 1 aromatic heterocycles. The summed E-state index contributed by atoms with van der Waals surface area (Å²) >= 11 is 1.32. The molecular weight excluding hydrogens is 474 g/mol. The third-order valence-electron chi connectivity index (χ3n) is 5.72. The van der Waals surface area contributed by atoms with Gasteiger partial charge in [0.25, 0.3) is 5.91 Å². The standard InChI is InChI=1S/C24H27N3O5S2/c1-16-13-18(8-11-22(16)31-3)21-15-33-24(25-21)26-23(28)17-6-9-20(10-7-17)34(29,30)27(2)14-19-5-4-12-32-19/h6-11,13,15,19H,4-5,12,14H2,1-3H3,(H,25,26,28). The van der Waals surface area contributed by atoms with Crippen molar-refractivity contribution in [2.45, 2.75) is 30.8 Å². The SMILES string of the molecule is COc1ccc(-c2csc(NC(=O)c3ccc(S(=O)(=O)N(C)CC4CCCO4)cc3)n2)cc1C. The van der Waals surface area contributed by atoms with Gasteiger partial charge in [0, 0.05) is 36.7 Å². The number of benzene rings is 2. The number of sulfonamides is 1. The van der Waals surface area contributed by atoms with Crippen LogP contribution in [0.4, 0.5) is 5.13 Å². The fourth-order valence-corrected chi connectivity index (χ4v) is 5.72. The number of hydrogen-bond acceptors (Lipinski definition) is 7. The van der Waals surface area contributed by atoms with Crippen LogP contribution in [-0.4, -0.2) is 57.0 Å². The Morgan fingerprint density at radius 2 is 2.03 bits per heavy atom. The molecule has 1 fully saturated rings. The Morgan fingerprint density at radius 3 is 2.68 bits per heavy atom. The first kappa shape index (κ1) is 24.3. The molecule has 1 saturated heterocycles. The molecule has 1 unspecified atom stereocenters. The van der Waals surface area contributed by atoms with Crippen molar-refractivity contribution in [3.63, 3.8) is 0 Å². The molecule has 0 radical (unpaired) electrons. The van der Waals surface area contributed by atoms with E-state index in [0.29, 0.717) is 23.8 Å². The van der Waals surface area contributed by atoms with Crippen LogP contribution in [-0.2, 0) is 14.8 Å². The number of rotatable bonds is 8. The number of ether oxygens (including phenoxy) is 2. The first-order valence-corrected chi connectivity index (χ1v) is 13.2. The molecule has 180 valence electrons. The third kappa shape index (κ3) is 5.30. The van der Waals surface area contributed by atoms with Crippen LogP contribution in [0.1, 0.15) is 28.8 Å². The molecular formula is C24H27N3O5S2. The van der Waals surface area contributed by atoms with Gasteiger partial charge < -0.3 is 9.47 Å². The summed E-state index contributed by atoms with van der Waals surface area (Å²) in [7, 11) is -0.489. The van der Waals surface area contributed by atoms with Crippen molar-refractivity contribution >= 4 is 32.4 Å². The summed E-state index contributed by atoms with van der Waals surface area (Å²) in [5.41, 5.74) is 3.02. The van der Waals surface area contributed by atoms with E-state index in [0.717, 1.165) is 35.4 Å².